The topological polar surface area (TPSA) is 35.5 Å². The highest BCUT2D eigenvalue weighted by atomic mass is 16.7. The van der Waals surface area contributed by atoms with Crippen LogP contribution in [0.15, 0.2) is 12.1 Å². The van der Waals surface area contributed by atoms with Crippen LogP contribution < -0.4 is 9.47 Å². The van der Waals surface area contributed by atoms with Crippen molar-refractivity contribution in [3.63, 3.8) is 0 Å². The van der Waals surface area contributed by atoms with Crippen LogP contribution >= 0.6 is 0 Å². The molecule has 3 nitrogen and oxygen atoms in total. The molecule has 2 aliphatic carbocycles. The minimum absolute atomic E-state index is 0.123. The molecule has 0 aromatic heterocycles. The first-order valence-corrected chi connectivity index (χ1v) is 6.72. The van der Waals surface area contributed by atoms with E-state index in [1.807, 2.05) is 6.07 Å². The molecular formula is C15H16O3. The van der Waals surface area contributed by atoms with E-state index in [-0.39, 0.29) is 5.41 Å². The van der Waals surface area contributed by atoms with E-state index in [0.29, 0.717) is 12.6 Å². The second-order valence-electron chi connectivity index (χ2n) is 5.70. The zero-order valence-corrected chi connectivity index (χ0v) is 10.3. The molecule has 18 heavy (non-hydrogen) atoms. The molecule has 0 saturated heterocycles. The van der Waals surface area contributed by atoms with Gasteiger partial charge in [0.05, 0.1) is 0 Å². The molecule has 4 rings (SSSR count). The molecule has 3 aliphatic rings. The maximum Gasteiger partial charge on any atom is 0.231 e. The summed E-state index contributed by atoms with van der Waals surface area (Å²) in [5.74, 6) is 2.19. The Balaban J connectivity index is 1.77. The molecule has 1 unspecified atom stereocenters. The number of ether oxygens (including phenoxy) is 2. The van der Waals surface area contributed by atoms with E-state index in [0.717, 1.165) is 43.6 Å². The molecule has 1 aromatic rings. The minimum atomic E-state index is -0.123. The van der Waals surface area contributed by atoms with E-state index in [1.165, 1.54) is 17.5 Å². The van der Waals surface area contributed by atoms with E-state index in [4.69, 9.17) is 9.47 Å². The van der Waals surface area contributed by atoms with E-state index in [9.17, 15) is 4.79 Å². The number of rotatable bonds is 0. The molecule has 0 radical (unpaired) electrons. The standard InChI is InChI=1S/C15H16O3/c16-13-3-1-2-6-15(13)7-10-4-5-12-14(11(10)8-15)18-9-17-12/h4-5H,1-3,6-9H2. The van der Waals surface area contributed by atoms with Crippen LogP contribution in [0.2, 0.25) is 0 Å². The molecule has 1 atom stereocenters. The lowest BCUT2D eigenvalue weighted by atomic mass is 9.71. The summed E-state index contributed by atoms with van der Waals surface area (Å²) >= 11 is 0. The predicted molar refractivity (Wildman–Crippen MR) is 65.9 cm³/mol. The highest BCUT2D eigenvalue weighted by Crippen LogP contribution is 2.50. The predicted octanol–water partition coefficient (Wildman–Crippen LogP) is 2.64. The third-order valence-electron chi connectivity index (χ3n) is 4.68. The summed E-state index contributed by atoms with van der Waals surface area (Å²) in [7, 11) is 0. The first-order chi connectivity index (χ1) is 8.78. The summed E-state index contributed by atoms with van der Waals surface area (Å²) in [5, 5.41) is 0. The van der Waals surface area contributed by atoms with E-state index < -0.39 is 0 Å². The van der Waals surface area contributed by atoms with Gasteiger partial charge < -0.3 is 9.47 Å². The van der Waals surface area contributed by atoms with Crippen LogP contribution in [0.25, 0.3) is 0 Å². The van der Waals surface area contributed by atoms with Crippen LogP contribution in [-0.4, -0.2) is 12.6 Å². The lowest BCUT2D eigenvalue weighted by Crippen LogP contribution is -2.34. The summed E-state index contributed by atoms with van der Waals surface area (Å²) in [6.07, 6.45) is 5.79. The van der Waals surface area contributed by atoms with Crippen LogP contribution in [-0.2, 0) is 17.6 Å². The summed E-state index contributed by atoms with van der Waals surface area (Å²) in [4.78, 5) is 12.3. The monoisotopic (exact) mass is 244 g/mol. The molecule has 3 heteroatoms. The van der Waals surface area contributed by atoms with Crippen LogP contribution in [0.5, 0.6) is 11.5 Å². The number of benzene rings is 1. The average molecular weight is 244 g/mol. The highest BCUT2D eigenvalue weighted by molar-refractivity contribution is 5.87. The number of carbonyl (C=O) groups is 1. The van der Waals surface area contributed by atoms with Crippen LogP contribution in [0.4, 0.5) is 0 Å². The van der Waals surface area contributed by atoms with Gasteiger partial charge in [0.15, 0.2) is 11.5 Å². The molecule has 1 aromatic carbocycles. The Kier molecular flexibility index (Phi) is 2.02. The Hall–Kier alpha value is -1.51. The minimum Gasteiger partial charge on any atom is -0.454 e. The van der Waals surface area contributed by atoms with Gasteiger partial charge in [0.2, 0.25) is 6.79 Å². The molecule has 1 saturated carbocycles. The fourth-order valence-electron chi connectivity index (χ4n) is 3.72. The van der Waals surface area contributed by atoms with E-state index in [2.05, 4.69) is 6.07 Å². The van der Waals surface area contributed by atoms with Crippen LogP contribution in [0.3, 0.4) is 0 Å². The zero-order valence-electron chi connectivity index (χ0n) is 10.3. The lowest BCUT2D eigenvalue weighted by Gasteiger charge is -2.31. The summed E-state index contributed by atoms with van der Waals surface area (Å²) in [5.41, 5.74) is 2.39. The quantitative estimate of drug-likeness (QED) is 0.703. The van der Waals surface area contributed by atoms with Crippen LogP contribution in [0, 0.1) is 5.41 Å². The van der Waals surface area contributed by atoms with Gasteiger partial charge in [0.25, 0.3) is 0 Å². The van der Waals surface area contributed by atoms with Crippen molar-refractivity contribution >= 4 is 5.78 Å². The van der Waals surface area contributed by atoms with E-state index in [1.54, 1.807) is 0 Å². The van der Waals surface area contributed by atoms with Crippen molar-refractivity contribution < 1.29 is 14.3 Å². The van der Waals surface area contributed by atoms with Crippen molar-refractivity contribution in [2.24, 2.45) is 5.41 Å². The molecule has 0 N–H and O–H groups in total. The SMILES string of the molecule is O=C1CCCCC12Cc1ccc3c(c1C2)OCO3. The molecule has 1 spiro atoms. The fourth-order valence-corrected chi connectivity index (χ4v) is 3.72. The van der Waals surface area contributed by atoms with Crippen molar-refractivity contribution in [2.45, 2.75) is 38.5 Å². The maximum absolute atomic E-state index is 12.3. The Bertz CT molecular complexity index is 535. The number of fused-ring (bicyclic) bond motifs is 3. The largest absolute Gasteiger partial charge is 0.454 e. The summed E-state index contributed by atoms with van der Waals surface area (Å²) in [6, 6.07) is 4.09. The first-order valence-electron chi connectivity index (χ1n) is 6.72. The third-order valence-corrected chi connectivity index (χ3v) is 4.68. The van der Waals surface area contributed by atoms with Gasteiger partial charge in [-0.15, -0.1) is 0 Å². The Morgan fingerprint density at radius 2 is 2.06 bits per heavy atom. The molecule has 1 fully saturated rings. The first kappa shape index (κ1) is 10.4. The number of hydrogen-bond acceptors (Lipinski definition) is 3. The Labute approximate surface area is 106 Å². The third kappa shape index (κ3) is 1.27. The second-order valence-corrected chi connectivity index (χ2v) is 5.70. The van der Waals surface area contributed by atoms with Crippen molar-refractivity contribution in [3.05, 3.63) is 23.3 Å². The van der Waals surface area contributed by atoms with Gasteiger partial charge in [-0.3, -0.25) is 4.79 Å². The summed E-state index contributed by atoms with van der Waals surface area (Å²) < 4.78 is 11.0. The fraction of sp³-hybridized carbons (Fsp3) is 0.533. The van der Waals surface area contributed by atoms with Crippen molar-refractivity contribution in [2.75, 3.05) is 6.79 Å². The molecule has 1 aliphatic heterocycles. The molecular weight excluding hydrogens is 228 g/mol. The average Bonchev–Trinajstić information content (AvgIpc) is 2.97. The van der Waals surface area contributed by atoms with Gasteiger partial charge in [-0.2, -0.15) is 0 Å². The number of ketones is 1. The smallest absolute Gasteiger partial charge is 0.231 e. The van der Waals surface area contributed by atoms with Gasteiger partial charge in [-0.05, 0) is 37.3 Å². The molecule has 0 amide bonds. The lowest BCUT2D eigenvalue weighted by molar-refractivity contribution is -0.130. The van der Waals surface area contributed by atoms with Crippen molar-refractivity contribution in [1.29, 1.82) is 0 Å². The van der Waals surface area contributed by atoms with E-state index >= 15 is 0 Å². The molecule has 94 valence electrons. The van der Waals surface area contributed by atoms with Gasteiger partial charge >= 0.3 is 0 Å². The number of hydrogen-bond donors (Lipinski definition) is 0. The molecule has 0 bridgehead atoms. The summed E-state index contributed by atoms with van der Waals surface area (Å²) in [6.45, 7) is 0.312. The van der Waals surface area contributed by atoms with Gasteiger partial charge in [-0.25, -0.2) is 0 Å². The second kappa shape index (κ2) is 3.50. The van der Waals surface area contributed by atoms with Crippen LogP contribution in [0.1, 0.15) is 36.8 Å². The number of Topliss-reactive ketones (excluding diaryl/α,β-unsaturated/α-hetero) is 1. The Morgan fingerprint density at radius 1 is 1.11 bits per heavy atom. The van der Waals surface area contributed by atoms with Gasteiger partial charge in [0.1, 0.15) is 5.78 Å². The maximum atomic E-state index is 12.3. The Morgan fingerprint density at radius 3 is 2.94 bits per heavy atom. The normalized spacial score (nSPS) is 28.8. The highest BCUT2D eigenvalue weighted by Gasteiger charge is 2.46. The van der Waals surface area contributed by atoms with Crippen molar-refractivity contribution in [3.8, 4) is 11.5 Å². The van der Waals surface area contributed by atoms with Crippen molar-refractivity contribution in [1.82, 2.24) is 0 Å². The van der Waals surface area contributed by atoms with Gasteiger partial charge in [-0.1, -0.05) is 12.5 Å². The zero-order chi connectivity index (χ0) is 12.2. The molecule has 1 heterocycles. The van der Waals surface area contributed by atoms with Gasteiger partial charge in [0, 0.05) is 17.4 Å². The number of carbonyl (C=O) groups excluding carboxylic acids is 1.